The average molecular weight is 224 g/mol. The molecule has 16 heavy (non-hydrogen) atoms. The number of rotatable bonds is 5. The molecule has 4 nitrogen and oxygen atoms in total. The number of aryl methyl sites for hydroxylation is 1. The van der Waals surface area contributed by atoms with Gasteiger partial charge in [0, 0.05) is 0 Å². The van der Waals surface area contributed by atoms with E-state index in [4.69, 9.17) is 9.47 Å². The van der Waals surface area contributed by atoms with Gasteiger partial charge in [-0.3, -0.25) is 4.79 Å². The number of hydrogen-bond acceptors (Lipinski definition) is 4. The van der Waals surface area contributed by atoms with Crippen LogP contribution in [0.15, 0.2) is 18.2 Å². The van der Waals surface area contributed by atoms with E-state index in [0.29, 0.717) is 12.4 Å². The largest absolute Gasteiger partial charge is 0.508 e. The van der Waals surface area contributed by atoms with Crippen molar-refractivity contribution in [2.75, 3.05) is 13.2 Å². The maximum atomic E-state index is 11.0. The van der Waals surface area contributed by atoms with E-state index in [1.54, 1.807) is 25.1 Å². The van der Waals surface area contributed by atoms with Crippen LogP contribution in [-0.4, -0.2) is 24.3 Å². The van der Waals surface area contributed by atoms with E-state index >= 15 is 0 Å². The summed E-state index contributed by atoms with van der Waals surface area (Å²) in [5, 5.41) is 9.19. The fourth-order valence-corrected chi connectivity index (χ4v) is 1.27. The van der Waals surface area contributed by atoms with E-state index < -0.39 is 0 Å². The van der Waals surface area contributed by atoms with Gasteiger partial charge in [0.1, 0.15) is 11.5 Å². The predicted molar refractivity (Wildman–Crippen MR) is 59.6 cm³/mol. The molecule has 0 heterocycles. The fraction of sp³-hybridized carbons (Fsp3) is 0.417. The van der Waals surface area contributed by atoms with Gasteiger partial charge < -0.3 is 14.6 Å². The second-order valence-corrected chi connectivity index (χ2v) is 3.35. The summed E-state index contributed by atoms with van der Waals surface area (Å²) >= 11 is 0. The molecule has 0 fully saturated rings. The molecule has 0 bridgehead atoms. The Bertz CT molecular complexity index is 360. The third kappa shape index (κ3) is 3.81. The van der Waals surface area contributed by atoms with Crippen LogP contribution in [0.3, 0.4) is 0 Å². The Labute approximate surface area is 94.8 Å². The van der Waals surface area contributed by atoms with Gasteiger partial charge in [0.25, 0.3) is 0 Å². The highest BCUT2D eigenvalue weighted by Crippen LogP contribution is 2.22. The third-order valence-corrected chi connectivity index (χ3v) is 2.03. The third-order valence-electron chi connectivity index (χ3n) is 2.03. The minimum Gasteiger partial charge on any atom is -0.508 e. The van der Waals surface area contributed by atoms with E-state index in [1.807, 2.05) is 6.92 Å². The highest BCUT2D eigenvalue weighted by atomic mass is 16.5. The van der Waals surface area contributed by atoms with E-state index in [2.05, 4.69) is 0 Å². The monoisotopic (exact) mass is 224 g/mol. The number of esters is 1. The summed E-state index contributed by atoms with van der Waals surface area (Å²) in [6, 6.07) is 4.84. The Balaban J connectivity index is 2.40. The number of ether oxygens (including phenoxy) is 2. The van der Waals surface area contributed by atoms with Crippen LogP contribution in [0.2, 0.25) is 0 Å². The van der Waals surface area contributed by atoms with Crippen molar-refractivity contribution >= 4 is 5.97 Å². The zero-order chi connectivity index (χ0) is 12.0. The van der Waals surface area contributed by atoms with Crippen LogP contribution in [0.4, 0.5) is 0 Å². The molecular weight excluding hydrogens is 208 g/mol. The Morgan fingerprint density at radius 2 is 2.19 bits per heavy atom. The molecule has 0 aliphatic rings. The molecule has 1 rings (SSSR count). The van der Waals surface area contributed by atoms with Crippen molar-refractivity contribution in [3.63, 3.8) is 0 Å². The first-order valence-corrected chi connectivity index (χ1v) is 5.21. The van der Waals surface area contributed by atoms with Crippen molar-refractivity contribution in [1.29, 1.82) is 0 Å². The minimum atomic E-state index is -0.265. The van der Waals surface area contributed by atoms with E-state index in [0.717, 1.165) is 5.56 Å². The van der Waals surface area contributed by atoms with Gasteiger partial charge in [-0.15, -0.1) is 0 Å². The van der Waals surface area contributed by atoms with Crippen molar-refractivity contribution in [3.05, 3.63) is 23.8 Å². The summed E-state index contributed by atoms with van der Waals surface area (Å²) in [5.41, 5.74) is 0.837. The SMILES string of the molecule is CCOC(=O)CCOc1ccc(O)cc1C. The fourth-order valence-electron chi connectivity index (χ4n) is 1.27. The molecule has 0 aliphatic carbocycles. The maximum Gasteiger partial charge on any atom is 0.309 e. The number of hydrogen-bond donors (Lipinski definition) is 1. The second kappa shape index (κ2) is 6.00. The zero-order valence-corrected chi connectivity index (χ0v) is 9.53. The van der Waals surface area contributed by atoms with Crippen LogP contribution in [-0.2, 0) is 9.53 Å². The minimum absolute atomic E-state index is 0.204. The van der Waals surface area contributed by atoms with Crippen LogP contribution in [0, 0.1) is 6.92 Å². The number of carbonyl (C=O) groups excluding carboxylic acids is 1. The normalized spacial score (nSPS) is 9.88. The molecule has 1 aromatic carbocycles. The molecule has 0 unspecified atom stereocenters. The van der Waals surface area contributed by atoms with E-state index in [1.165, 1.54) is 0 Å². The molecule has 0 atom stereocenters. The molecule has 1 N–H and O–H groups in total. The first-order chi connectivity index (χ1) is 7.63. The number of benzene rings is 1. The lowest BCUT2D eigenvalue weighted by Gasteiger charge is -2.08. The molecule has 0 amide bonds. The second-order valence-electron chi connectivity index (χ2n) is 3.35. The van der Waals surface area contributed by atoms with Crippen molar-refractivity contribution < 1.29 is 19.4 Å². The highest BCUT2D eigenvalue weighted by molar-refractivity contribution is 5.69. The van der Waals surface area contributed by atoms with E-state index in [9.17, 15) is 9.90 Å². The molecule has 0 spiro atoms. The number of carbonyl (C=O) groups is 1. The van der Waals surface area contributed by atoms with Crippen molar-refractivity contribution in [1.82, 2.24) is 0 Å². The van der Waals surface area contributed by atoms with Crippen molar-refractivity contribution in [2.24, 2.45) is 0 Å². The molecule has 0 radical (unpaired) electrons. The number of phenolic OH excluding ortho intramolecular Hbond substituents is 1. The Kier molecular flexibility index (Phi) is 4.64. The summed E-state index contributed by atoms with van der Waals surface area (Å²) < 4.78 is 10.2. The maximum absolute atomic E-state index is 11.0. The first-order valence-electron chi connectivity index (χ1n) is 5.21. The molecule has 0 aliphatic heterocycles. The smallest absolute Gasteiger partial charge is 0.309 e. The van der Waals surface area contributed by atoms with Crippen LogP contribution in [0.1, 0.15) is 18.9 Å². The van der Waals surface area contributed by atoms with Gasteiger partial charge in [0.05, 0.1) is 19.6 Å². The molecule has 4 heteroatoms. The standard InChI is InChI=1S/C12H16O4/c1-3-15-12(14)6-7-16-11-5-4-10(13)8-9(11)2/h4-5,8,13H,3,6-7H2,1-2H3. The Hall–Kier alpha value is -1.71. The van der Waals surface area contributed by atoms with Crippen LogP contribution in [0.25, 0.3) is 0 Å². The van der Waals surface area contributed by atoms with E-state index in [-0.39, 0.29) is 24.7 Å². The number of phenols is 1. The van der Waals surface area contributed by atoms with Crippen molar-refractivity contribution in [2.45, 2.75) is 20.3 Å². The topological polar surface area (TPSA) is 55.8 Å². The number of aromatic hydroxyl groups is 1. The molecule has 0 saturated carbocycles. The highest BCUT2D eigenvalue weighted by Gasteiger charge is 2.04. The van der Waals surface area contributed by atoms with Gasteiger partial charge in [-0.1, -0.05) is 0 Å². The predicted octanol–water partition coefficient (Wildman–Crippen LogP) is 2.03. The molecule has 88 valence electrons. The van der Waals surface area contributed by atoms with Crippen LogP contribution >= 0.6 is 0 Å². The van der Waals surface area contributed by atoms with Gasteiger partial charge in [-0.2, -0.15) is 0 Å². The van der Waals surface area contributed by atoms with Crippen molar-refractivity contribution in [3.8, 4) is 11.5 Å². The Morgan fingerprint density at radius 1 is 1.44 bits per heavy atom. The lowest BCUT2D eigenvalue weighted by atomic mass is 10.2. The summed E-state index contributed by atoms with van der Waals surface area (Å²) in [5.74, 6) is 0.608. The molecule has 0 aromatic heterocycles. The average Bonchev–Trinajstić information content (AvgIpc) is 2.22. The van der Waals surface area contributed by atoms with Gasteiger partial charge >= 0.3 is 5.97 Å². The molecule has 1 aromatic rings. The van der Waals surface area contributed by atoms with Crippen LogP contribution in [0.5, 0.6) is 11.5 Å². The van der Waals surface area contributed by atoms with Gasteiger partial charge in [0.2, 0.25) is 0 Å². The van der Waals surface area contributed by atoms with Crippen LogP contribution < -0.4 is 4.74 Å². The molecule has 0 saturated heterocycles. The van der Waals surface area contributed by atoms with Gasteiger partial charge in [0.15, 0.2) is 0 Å². The summed E-state index contributed by atoms with van der Waals surface area (Å²) in [7, 11) is 0. The van der Waals surface area contributed by atoms with Gasteiger partial charge in [-0.05, 0) is 37.6 Å². The van der Waals surface area contributed by atoms with Gasteiger partial charge in [-0.25, -0.2) is 0 Å². The lowest BCUT2D eigenvalue weighted by Crippen LogP contribution is -2.09. The quantitative estimate of drug-likeness (QED) is 0.777. The Morgan fingerprint density at radius 3 is 2.81 bits per heavy atom. The lowest BCUT2D eigenvalue weighted by molar-refractivity contribution is -0.143. The summed E-state index contributed by atoms with van der Waals surface area (Å²) in [6.45, 7) is 4.27. The zero-order valence-electron chi connectivity index (χ0n) is 9.53. The molecular formula is C12H16O4. The summed E-state index contributed by atoms with van der Waals surface area (Å²) in [6.07, 6.45) is 0.230. The first kappa shape index (κ1) is 12.4. The summed E-state index contributed by atoms with van der Waals surface area (Å²) in [4.78, 5) is 11.0.